The van der Waals surface area contributed by atoms with Crippen LogP contribution in [0.5, 0.6) is 0 Å². The Morgan fingerprint density at radius 2 is 2.14 bits per heavy atom. The molecule has 0 aliphatic carbocycles. The first kappa shape index (κ1) is 10.9. The minimum atomic E-state index is 0.431. The Balaban J connectivity index is 2.47. The number of nitrogens with one attached hydrogen (secondary N) is 1. The van der Waals surface area contributed by atoms with Gasteiger partial charge in [0.25, 0.3) is 0 Å². The van der Waals surface area contributed by atoms with Gasteiger partial charge < -0.3 is 11.1 Å². The Labute approximate surface area is 84.9 Å². The molecule has 0 saturated heterocycles. The van der Waals surface area contributed by atoms with Gasteiger partial charge in [0.15, 0.2) is 0 Å². The van der Waals surface area contributed by atoms with Crippen molar-refractivity contribution in [3.8, 4) is 0 Å². The molecule has 1 aromatic heterocycles. The van der Waals surface area contributed by atoms with Crippen molar-refractivity contribution < 1.29 is 0 Å². The molecule has 0 aliphatic heterocycles. The first-order chi connectivity index (χ1) is 6.74. The highest BCUT2D eigenvalue weighted by molar-refractivity contribution is 5.33. The second kappa shape index (κ2) is 5.54. The van der Waals surface area contributed by atoms with Crippen LogP contribution in [0, 0.1) is 0 Å². The molecule has 0 aromatic carbocycles. The highest BCUT2D eigenvalue weighted by Gasteiger charge is 2.00. The minimum Gasteiger partial charge on any atom is -0.369 e. The van der Waals surface area contributed by atoms with Crippen LogP contribution in [-0.2, 0) is 0 Å². The fourth-order valence-electron chi connectivity index (χ4n) is 1.06. The van der Waals surface area contributed by atoms with Crippen molar-refractivity contribution in [1.29, 1.82) is 0 Å². The predicted octanol–water partition coefficient (Wildman–Crippen LogP) is 1.36. The molecule has 0 unspecified atom stereocenters. The normalized spacial score (nSPS) is 10.6. The van der Waals surface area contributed by atoms with E-state index < -0.39 is 0 Å². The van der Waals surface area contributed by atoms with Crippen LogP contribution in [0.4, 0.5) is 5.82 Å². The van der Waals surface area contributed by atoms with Crippen molar-refractivity contribution in [2.24, 2.45) is 5.73 Å². The molecule has 1 heterocycles. The first-order valence-corrected chi connectivity index (χ1v) is 5.01. The molecule has 1 aromatic rings. The number of anilines is 1. The zero-order valence-corrected chi connectivity index (χ0v) is 8.83. The topological polar surface area (TPSA) is 63.8 Å². The third-order valence-corrected chi connectivity index (χ3v) is 1.96. The lowest BCUT2D eigenvalue weighted by atomic mass is 10.1. The maximum Gasteiger partial charge on any atom is 0.148 e. The summed E-state index contributed by atoms with van der Waals surface area (Å²) in [5.41, 5.74) is 6.40. The number of nitrogens with zero attached hydrogens (tertiary/aromatic N) is 2. The number of rotatable bonds is 5. The van der Waals surface area contributed by atoms with E-state index in [-0.39, 0.29) is 0 Å². The smallest absolute Gasteiger partial charge is 0.148 e. The van der Waals surface area contributed by atoms with Crippen LogP contribution in [0.15, 0.2) is 12.1 Å². The van der Waals surface area contributed by atoms with Gasteiger partial charge in [-0.1, -0.05) is 13.8 Å². The van der Waals surface area contributed by atoms with Crippen molar-refractivity contribution >= 4 is 5.82 Å². The standard InChI is InChI=1S/C10H18N4/c1-8(2)9-4-5-10(14-13-9)12-7-3-6-11/h4-5,8H,3,6-7,11H2,1-2H3,(H,12,14). The Kier molecular flexibility index (Phi) is 4.32. The van der Waals surface area contributed by atoms with Crippen molar-refractivity contribution in [1.82, 2.24) is 10.2 Å². The highest BCUT2D eigenvalue weighted by atomic mass is 15.2. The van der Waals surface area contributed by atoms with Crippen molar-refractivity contribution in [3.63, 3.8) is 0 Å². The van der Waals surface area contributed by atoms with E-state index in [9.17, 15) is 0 Å². The maximum atomic E-state index is 5.38. The van der Waals surface area contributed by atoms with Crippen LogP contribution in [0.3, 0.4) is 0 Å². The predicted molar refractivity (Wildman–Crippen MR) is 58.3 cm³/mol. The zero-order chi connectivity index (χ0) is 10.4. The van der Waals surface area contributed by atoms with Crippen molar-refractivity contribution in [2.45, 2.75) is 26.2 Å². The summed E-state index contributed by atoms with van der Waals surface area (Å²) in [4.78, 5) is 0. The van der Waals surface area contributed by atoms with Gasteiger partial charge in [-0.05, 0) is 31.0 Å². The SMILES string of the molecule is CC(C)c1ccc(NCCCN)nn1. The third kappa shape index (κ3) is 3.30. The van der Waals surface area contributed by atoms with Gasteiger partial charge in [-0.3, -0.25) is 0 Å². The fourth-order valence-corrected chi connectivity index (χ4v) is 1.06. The van der Waals surface area contributed by atoms with Crippen LogP contribution in [-0.4, -0.2) is 23.3 Å². The lowest BCUT2D eigenvalue weighted by Gasteiger charge is -2.06. The lowest BCUT2D eigenvalue weighted by molar-refractivity contribution is 0.782. The third-order valence-electron chi connectivity index (χ3n) is 1.96. The average molecular weight is 194 g/mol. The molecule has 3 N–H and O–H groups in total. The van der Waals surface area contributed by atoms with E-state index >= 15 is 0 Å². The largest absolute Gasteiger partial charge is 0.369 e. The summed E-state index contributed by atoms with van der Waals surface area (Å²) >= 11 is 0. The van der Waals surface area contributed by atoms with Gasteiger partial charge in [0.2, 0.25) is 0 Å². The molecule has 0 bridgehead atoms. The Morgan fingerprint density at radius 1 is 1.36 bits per heavy atom. The number of hydrogen-bond acceptors (Lipinski definition) is 4. The minimum absolute atomic E-state index is 0.431. The second-order valence-electron chi connectivity index (χ2n) is 3.57. The molecule has 0 amide bonds. The quantitative estimate of drug-likeness (QED) is 0.695. The van der Waals surface area contributed by atoms with Gasteiger partial charge in [-0.25, -0.2) is 0 Å². The fraction of sp³-hybridized carbons (Fsp3) is 0.600. The second-order valence-corrected chi connectivity index (χ2v) is 3.57. The van der Waals surface area contributed by atoms with E-state index in [0.717, 1.165) is 24.5 Å². The van der Waals surface area contributed by atoms with Crippen LogP contribution >= 0.6 is 0 Å². The molecule has 0 spiro atoms. The molecular weight excluding hydrogens is 176 g/mol. The summed E-state index contributed by atoms with van der Waals surface area (Å²) in [6.07, 6.45) is 0.952. The van der Waals surface area contributed by atoms with E-state index in [4.69, 9.17) is 5.73 Å². The number of nitrogens with two attached hydrogens (primary N) is 1. The van der Waals surface area contributed by atoms with E-state index in [0.29, 0.717) is 12.5 Å². The Bertz CT molecular complexity index is 255. The van der Waals surface area contributed by atoms with Crippen molar-refractivity contribution in [2.75, 3.05) is 18.4 Å². The molecule has 0 atom stereocenters. The molecule has 14 heavy (non-hydrogen) atoms. The molecule has 0 fully saturated rings. The van der Waals surface area contributed by atoms with E-state index in [1.54, 1.807) is 0 Å². The van der Waals surface area contributed by atoms with E-state index in [1.807, 2.05) is 12.1 Å². The van der Waals surface area contributed by atoms with Gasteiger partial charge in [0, 0.05) is 6.54 Å². The van der Waals surface area contributed by atoms with Crippen LogP contribution in [0.1, 0.15) is 31.9 Å². The molecule has 4 heteroatoms. The van der Waals surface area contributed by atoms with E-state index in [1.165, 1.54) is 0 Å². The maximum absolute atomic E-state index is 5.38. The Hall–Kier alpha value is -1.16. The van der Waals surface area contributed by atoms with E-state index in [2.05, 4.69) is 29.4 Å². The molecule has 78 valence electrons. The van der Waals surface area contributed by atoms with Gasteiger partial charge in [-0.2, -0.15) is 5.10 Å². The van der Waals surface area contributed by atoms with Gasteiger partial charge in [0.1, 0.15) is 5.82 Å². The summed E-state index contributed by atoms with van der Waals surface area (Å²) in [5, 5.41) is 11.3. The zero-order valence-electron chi connectivity index (χ0n) is 8.83. The monoisotopic (exact) mass is 194 g/mol. The molecule has 0 aliphatic rings. The van der Waals surface area contributed by atoms with Crippen LogP contribution in [0.2, 0.25) is 0 Å². The molecule has 0 radical (unpaired) electrons. The first-order valence-electron chi connectivity index (χ1n) is 5.01. The summed E-state index contributed by atoms with van der Waals surface area (Å²) in [7, 11) is 0. The Morgan fingerprint density at radius 3 is 2.64 bits per heavy atom. The van der Waals surface area contributed by atoms with Gasteiger partial charge in [-0.15, -0.1) is 5.10 Å². The highest BCUT2D eigenvalue weighted by Crippen LogP contribution is 2.11. The van der Waals surface area contributed by atoms with Crippen LogP contribution in [0.25, 0.3) is 0 Å². The molecule has 4 nitrogen and oxygen atoms in total. The van der Waals surface area contributed by atoms with Crippen LogP contribution < -0.4 is 11.1 Å². The number of hydrogen-bond donors (Lipinski definition) is 2. The number of aromatic nitrogens is 2. The average Bonchev–Trinajstić information content (AvgIpc) is 2.19. The lowest BCUT2D eigenvalue weighted by Crippen LogP contribution is -2.10. The summed E-state index contributed by atoms with van der Waals surface area (Å²) in [6, 6.07) is 3.96. The summed E-state index contributed by atoms with van der Waals surface area (Å²) in [6.45, 7) is 5.76. The molecule has 0 saturated carbocycles. The van der Waals surface area contributed by atoms with Crippen molar-refractivity contribution in [3.05, 3.63) is 17.8 Å². The van der Waals surface area contributed by atoms with Gasteiger partial charge in [0.05, 0.1) is 5.69 Å². The molecule has 1 rings (SSSR count). The summed E-state index contributed by atoms with van der Waals surface area (Å²) in [5.74, 6) is 1.25. The summed E-state index contributed by atoms with van der Waals surface area (Å²) < 4.78 is 0. The van der Waals surface area contributed by atoms with Gasteiger partial charge >= 0.3 is 0 Å². The molecular formula is C10H18N4.